The van der Waals surface area contributed by atoms with Crippen LogP contribution in [0.1, 0.15) is 22.6 Å². The van der Waals surface area contributed by atoms with Gasteiger partial charge in [0.25, 0.3) is 5.91 Å². The summed E-state index contributed by atoms with van der Waals surface area (Å²) < 4.78 is 21.2. The van der Waals surface area contributed by atoms with Crippen LogP contribution >= 0.6 is 0 Å². The molecule has 32 heavy (non-hydrogen) atoms. The normalized spacial score (nSPS) is 22.8. The van der Waals surface area contributed by atoms with Gasteiger partial charge in [0.2, 0.25) is 0 Å². The number of hydrogen-bond donors (Lipinski definition) is 2. The van der Waals surface area contributed by atoms with Gasteiger partial charge in [0.1, 0.15) is 23.8 Å². The Balaban J connectivity index is 1.55. The first kappa shape index (κ1) is 22.0. The smallest absolute Gasteiger partial charge is 0.287 e. The van der Waals surface area contributed by atoms with E-state index in [0.717, 1.165) is 5.56 Å². The lowest BCUT2D eigenvalue weighted by atomic mass is 10.1. The van der Waals surface area contributed by atoms with E-state index in [1.807, 2.05) is 42.3 Å². The average molecular weight is 439 g/mol. The highest BCUT2D eigenvalue weighted by Gasteiger charge is 2.46. The van der Waals surface area contributed by atoms with E-state index in [9.17, 15) is 14.3 Å². The average Bonchev–Trinajstić information content (AvgIpc) is 3.32. The number of amides is 1. The van der Waals surface area contributed by atoms with Crippen LogP contribution in [-0.2, 0) is 13.6 Å². The van der Waals surface area contributed by atoms with E-state index in [1.54, 1.807) is 36.1 Å². The topological polar surface area (TPSA) is 79.6 Å². The molecule has 1 aliphatic carbocycles. The van der Waals surface area contributed by atoms with Crippen LogP contribution in [0, 0.1) is 5.82 Å². The van der Waals surface area contributed by atoms with E-state index in [4.69, 9.17) is 4.74 Å². The monoisotopic (exact) mass is 438 g/mol. The van der Waals surface area contributed by atoms with E-state index in [-0.39, 0.29) is 11.9 Å². The standard InChI is InChI=1S/C24H27FN4O3/c1-28-12-11-26-23(28)24(31)27-19-14-20(32-18-10-6-9-17(25)13-18)22(30)21(19)29(2)15-16-7-4-3-5-8-16/h3-13,19-22,30H,14-15H2,1-2H3,(H,27,31)/t19-,20-,21+,22+/m1/s1. The fourth-order valence-electron chi connectivity index (χ4n) is 4.33. The molecule has 4 atom stereocenters. The van der Waals surface area contributed by atoms with Gasteiger partial charge < -0.3 is 19.7 Å². The zero-order valence-electron chi connectivity index (χ0n) is 18.1. The van der Waals surface area contributed by atoms with Crippen LogP contribution in [0.2, 0.25) is 0 Å². The molecule has 1 fully saturated rings. The molecule has 1 aromatic heterocycles. The van der Waals surface area contributed by atoms with Crippen LogP contribution in [0.25, 0.3) is 0 Å². The van der Waals surface area contributed by atoms with Crippen molar-refractivity contribution in [3.63, 3.8) is 0 Å². The molecule has 0 saturated heterocycles. The molecule has 4 rings (SSSR count). The second-order valence-electron chi connectivity index (χ2n) is 8.17. The molecule has 0 bridgehead atoms. The van der Waals surface area contributed by atoms with Gasteiger partial charge >= 0.3 is 0 Å². The van der Waals surface area contributed by atoms with E-state index >= 15 is 0 Å². The largest absolute Gasteiger partial charge is 0.487 e. The van der Waals surface area contributed by atoms with Crippen molar-refractivity contribution in [1.82, 2.24) is 19.8 Å². The number of ether oxygens (including phenoxy) is 1. The molecule has 3 aromatic rings. The molecule has 7 nitrogen and oxygen atoms in total. The minimum Gasteiger partial charge on any atom is -0.487 e. The molecule has 1 saturated carbocycles. The molecule has 168 valence electrons. The third-order valence-electron chi connectivity index (χ3n) is 5.84. The highest BCUT2D eigenvalue weighted by molar-refractivity contribution is 5.91. The third kappa shape index (κ3) is 4.81. The van der Waals surface area contributed by atoms with Gasteiger partial charge in [-0.3, -0.25) is 9.69 Å². The number of likely N-dealkylation sites (N-methyl/N-ethyl adjacent to an activating group) is 1. The van der Waals surface area contributed by atoms with Crippen LogP contribution in [0.3, 0.4) is 0 Å². The summed E-state index contributed by atoms with van der Waals surface area (Å²) >= 11 is 0. The predicted octanol–water partition coefficient (Wildman–Crippen LogP) is 2.37. The van der Waals surface area contributed by atoms with Crippen LogP contribution in [0.5, 0.6) is 5.75 Å². The van der Waals surface area contributed by atoms with Crippen LogP contribution < -0.4 is 10.1 Å². The summed E-state index contributed by atoms with van der Waals surface area (Å²) in [5, 5.41) is 14.2. The van der Waals surface area contributed by atoms with Gasteiger partial charge in [0.15, 0.2) is 5.82 Å². The Bertz CT molecular complexity index is 1060. The van der Waals surface area contributed by atoms with Crippen molar-refractivity contribution in [3.05, 3.63) is 84.2 Å². The van der Waals surface area contributed by atoms with E-state index in [1.165, 1.54) is 12.1 Å². The quantitative estimate of drug-likeness (QED) is 0.592. The SMILES string of the molecule is CN(Cc1ccccc1)[C@@H]1[C@@H](O)[C@H](Oc2cccc(F)c2)C[C@H]1NC(=O)c1nccn1C. The molecule has 1 aliphatic rings. The Labute approximate surface area is 186 Å². The van der Waals surface area contributed by atoms with Gasteiger partial charge in [0.05, 0.1) is 12.1 Å². The molecular formula is C24H27FN4O3. The fourth-order valence-corrected chi connectivity index (χ4v) is 4.33. The molecule has 0 radical (unpaired) electrons. The molecule has 0 unspecified atom stereocenters. The number of imidazole rings is 1. The number of aryl methyl sites for hydroxylation is 1. The number of carbonyl (C=O) groups is 1. The second kappa shape index (κ2) is 9.50. The van der Waals surface area contributed by atoms with Crippen molar-refractivity contribution >= 4 is 5.91 Å². The first-order chi connectivity index (χ1) is 15.4. The van der Waals surface area contributed by atoms with Gasteiger partial charge in [0, 0.05) is 38.5 Å². The number of carbonyl (C=O) groups excluding carboxylic acids is 1. The van der Waals surface area contributed by atoms with Crippen molar-refractivity contribution < 1.29 is 19.0 Å². The molecule has 2 N–H and O–H groups in total. The summed E-state index contributed by atoms with van der Waals surface area (Å²) in [7, 11) is 3.66. The third-order valence-corrected chi connectivity index (χ3v) is 5.84. The number of nitrogens with one attached hydrogen (secondary N) is 1. The van der Waals surface area contributed by atoms with Gasteiger partial charge in [-0.05, 0) is 24.7 Å². The lowest BCUT2D eigenvalue weighted by Crippen LogP contribution is -2.52. The molecule has 0 aliphatic heterocycles. The Kier molecular flexibility index (Phi) is 6.53. The zero-order chi connectivity index (χ0) is 22.7. The predicted molar refractivity (Wildman–Crippen MR) is 118 cm³/mol. The second-order valence-corrected chi connectivity index (χ2v) is 8.17. The van der Waals surface area contributed by atoms with Gasteiger partial charge in [-0.25, -0.2) is 9.37 Å². The van der Waals surface area contributed by atoms with Crippen LogP contribution in [0.4, 0.5) is 4.39 Å². The summed E-state index contributed by atoms with van der Waals surface area (Å²) in [6, 6.07) is 14.9. The van der Waals surface area contributed by atoms with Gasteiger partial charge in [-0.2, -0.15) is 0 Å². The minimum absolute atomic E-state index is 0.290. The number of rotatable bonds is 7. The Morgan fingerprint density at radius 3 is 2.75 bits per heavy atom. The van der Waals surface area contributed by atoms with Crippen molar-refractivity contribution in [2.24, 2.45) is 7.05 Å². The van der Waals surface area contributed by atoms with Gasteiger partial charge in [-0.1, -0.05) is 36.4 Å². The highest BCUT2D eigenvalue weighted by atomic mass is 19.1. The molecule has 2 aromatic carbocycles. The number of benzene rings is 2. The van der Waals surface area contributed by atoms with Crippen molar-refractivity contribution in [1.29, 1.82) is 0 Å². The van der Waals surface area contributed by atoms with E-state index in [0.29, 0.717) is 24.5 Å². The van der Waals surface area contributed by atoms with Crippen molar-refractivity contribution in [3.8, 4) is 5.75 Å². The molecule has 1 amide bonds. The summed E-state index contributed by atoms with van der Waals surface area (Å²) in [5.41, 5.74) is 1.09. The fraction of sp³-hybridized carbons (Fsp3) is 0.333. The first-order valence-electron chi connectivity index (χ1n) is 10.5. The first-order valence-corrected chi connectivity index (χ1v) is 10.5. The molecule has 0 spiro atoms. The Hall–Kier alpha value is -3.23. The summed E-state index contributed by atoms with van der Waals surface area (Å²) in [5.74, 6) is -0.0976. The molecule has 8 heteroatoms. The lowest BCUT2D eigenvalue weighted by molar-refractivity contribution is 0.0124. The summed E-state index contributed by atoms with van der Waals surface area (Å²) in [6.45, 7) is 0.587. The Morgan fingerprint density at radius 1 is 1.28 bits per heavy atom. The number of aliphatic hydroxyl groups excluding tert-OH is 1. The maximum Gasteiger partial charge on any atom is 0.287 e. The number of halogens is 1. The summed E-state index contributed by atoms with van der Waals surface area (Å²) in [4.78, 5) is 19.0. The van der Waals surface area contributed by atoms with Gasteiger partial charge in [-0.15, -0.1) is 0 Å². The molecular weight excluding hydrogens is 411 g/mol. The van der Waals surface area contributed by atoms with E-state index < -0.39 is 24.1 Å². The van der Waals surface area contributed by atoms with Crippen molar-refractivity contribution in [2.45, 2.75) is 37.3 Å². The van der Waals surface area contributed by atoms with Crippen LogP contribution in [-0.4, -0.2) is 56.8 Å². The van der Waals surface area contributed by atoms with Crippen molar-refractivity contribution in [2.75, 3.05) is 7.05 Å². The number of hydrogen-bond acceptors (Lipinski definition) is 5. The maximum absolute atomic E-state index is 13.6. The van der Waals surface area contributed by atoms with E-state index in [2.05, 4.69) is 10.3 Å². The number of aromatic nitrogens is 2. The van der Waals surface area contributed by atoms with Crippen LogP contribution in [0.15, 0.2) is 67.0 Å². The summed E-state index contributed by atoms with van der Waals surface area (Å²) in [6.07, 6.45) is 2.14. The highest BCUT2D eigenvalue weighted by Crippen LogP contribution is 2.30. The minimum atomic E-state index is -0.890. The number of aliphatic hydroxyl groups is 1. The molecule has 1 heterocycles. The number of nitrogens with zero attached hydrogens (tertiary/aromatic N) is 3. The zero-order valence-corrected chi connectivity index (χ0v) is 18.1. The lowest BCUT2D eigenvalue weighted by Gasteiger charge is -2.32. The maximum atomic E-state index is 13.6. The Morgan fingerprint density at radius 2 is 2.06 bits per heavy atom.